The number of anilines is 3. The van der Waals surface area contributed by atoms with Crippen LogP contribution < -0.4 is 4.90 Å². The van der Waals surface area contributed by atoms with Gasteiger partial charge >= 0.3 is 0 Å². The lowest BCUT2D eigenvalue weighted by Gasteiger charge is -2.28. The number of fused-ring (bicyclic) bond motifs is 7. The molecule has 0 saturated carbocycles. The third-order valence-electron chi connectivity index (χ3n) is 9.75. The largest absolute Gasteiger partial charge is 0.456 e. The lowest BCUT2D eigenvalue weighted by atomic mass is 10.00. The summed E-state index contributed by atoms with van der Waals surface area (Å²) >= 11 is 0. The molecule has 0 bridgehead atoms. The fourth-order valence-electron chi connectivity index (χ4n) is 7.66. The van der Waals surface area contributed by atoms with E-state index in [2.05, 4.69) is 185 Å². The SMILES string of the molecule is c1ccc(-n2c3ccccc3c3cccc(-c4cccc(N(c5cccc6ccccc56)c5cccc6oc7ccccc7c56)c4)c32)cc1. The molecule has 3 heteroatoms. The van der Waals surface area contributed by atoms with Crippen LogP contribution in [0.3, 0.4) is 0 Å². The predicted molar refractivity (Wildman–Crippen MR) is 206 cm³/mol. The standard InChI is InChI=1S/C46H30N2O/c1-2-17-33(18-3-1)48-41-25-8-6-21-37(41)38-24-12-23-36(46(38)48)32-16-10-19-34(30-32)47(40-26-11-15-31-14-4-5-20-35(31)40)42-27-13-29-44-45(42)39-22-7-9-28-43(39)49-44/h1-30H. The number of rotatable bonds is 5. The summed E-state index contributed by atoms with van der Waals surface area (Å²) in [7, 11) is 0. The summed E-state index contributed by atoms with van der Waals surface area (Å²) in [5.74, 6) is 0. The number of nitrogens with zero attached hydrogens (tertiary/aromatic N) is 2. The molecule has 0 spiro atoms. The lowest BCUT2D eigenvalue weighted by molar-refractivity contribution is 0.669. The normalized spacial score (nSPS) is 11.7. The lowest BCUT2D eigenvalue weighted by Crippen LogP contribution is -2.11. The van der Waals surface area contributed by atoms with E-state index in [9.17, 15) is 0 Å². The third kappa shape index (κ3) is 4.29. The van der Waals surface area contributed by atoms with Gasteiger partial charge in [-0.25, -0.2) is 0 Å². The monoisotopic (exact) mass is 626 g/mol. The van der Waals surface area contributed by atoms with Gasteiger partial charge in [-0.1, -0.05) is 127 Å². The summed E-state index contributed by atoms with van der Waals surface area (Å²) in [6.45, 7) is 0. The maximum Gasteiger partial charge on any atom is 0.137 e. The maximum absolute atomic E-state index is 6.40. The van der Waals surface area contributed by atoms with Crippen molar-refractivity contribution in [3.8, 4) is 16.8 Å². The van der Waals surface area contributed by atoms with Gasteiger partial charge in [0.1, 0.15) is 11.2 Å². The van der Waals surface area contributed by atoms with Crippen molar-refractivity contribution in [2.75, 3.05) is 4.90 Å². The first kappa shape index (κ1) is 27.5. The van der Waals surface area contributed by atoms with Crippen LogP contribution in [0, 0.1) is 0 Å². The Hall–Kier alpha value is -6.58. The fourth-order valence-corrected chi connectivity index (χ4v) is 7.66. The van der Waals surface area contributed by atoms with Crippen LogP contribution in [0.5, 0.6) is 0 Å². The summed E-state index contributed by atoms with van der Waals surface area (Å²) < 4.78 is 8.81. The van der Waals surface area contributed by atoms with Crippen molar-refractivity contribution < 1.29 is 4.42 Å². The minimum atomic E-state index is 0.872. The highest BCUT2D eigenvalue weighted by Crippen LogP contribution is 2.46. The van der Waals surface area contributed by atoms with Crippen molar-refractivity contribution in [1.29, 1.82) is 0 Å². The van der Waals surface area contributed by atoms with Crippen LogP contribution in [0.2, 0.25) is 0 Å². The second kappa shape index (κ2) is 11.0. The molecule has 0 amide bonds. The van der Waals surface area contributed by atoms with Crippen molar-refractivity contribution in [2.24, 2.45) is 0 Å². The van der Waals surface area contributed by atoms with Gasteiger partial charge < -0.3 is 13.9 Å². The van der Waals surface area contributed by atoms with Gasteiger partial charge in [0.05, 0.1) is 27.8 Å². The smallest absolute Gasteiger partial charge is 0.137 e. The van der Waals surface area contributed by atoms with Crippen LogP contribution in [-0.2, 0) is 0 Å². The molecule has 0 N–H and O–H groups in total. The van der Waals surface area contributed by atoms with Crippen molar-refractivity contribution in [1.82, 2.24) is 4.57 Å². The molecule has 0 saturated heterocycles. The van der Waals surface area contributed by atoms with Gasteiger partial charge in [-0.15, -0.1) is 0 Å². The van der Waals surface area contributed by atoms with Gasteiger partial charge in [-0.3, -0.25) is 0 Å². The molecule has 0 aliphatic carbocycles. The highest BCUT2D eigenvalue weighted by atomic mass is 16.3. The maximum atomic E-state index is 6.40. The Morgan fingerprint density at radius 3 is 2.02 bits per heavy atom. The zero-order valence-corrected chi connectivity index (χ0v) is 26.6. The van der Waals surface area contributed by atoms with Crippen LogP contribution in [0.4, 0.5) is 17.1 Å². The Balaban J connectivity index is 1.26. The summed E-state index contributed by atoms with van der Waals surface area (Å²) in [5, 5.41) is 7.07. The molecule has 0 atom stereocenters. The molecule has 3 nitrogen and oxygen atoms in total. The first-order valence-electron chi connectivity index (χ1n) is 16.7. The summed E-state index contributed by atoms with van der Waals surface area (Å²) in [6.07, 6.45) is 0. The van der Waals surface area contributed by atoms with Crippen LogP contribution in [0.15, 0.2) is 186 Å². The molecular weight excluding hydrogens is 597 g/mol. The second-order valence-electron chi connectivity index (χ2n) is 12.5. The number of para-hydroxylation sites is 4. The van der Waals surface area contributed by atoms with Gasteiger partial charge in [0, 0.05) is 38.5 Å². The van der Waals surface area contributed by atoms with E-state index in [1.54, 1.807) is 0 Å². The van der Waals surface area contributed by atoms with Gasteiger partial charge in [-0.2, -0.15) is 0 Å². The zero-order chi connectivity index (χ0) is 32.3. The summed E-state index contributed by atoms with van der Waals surface area (Å²) in [5.41, 5.74) is 10.9. The van der Waals surface area contributed by atoms with Gasteiger partial charge in [0.15, 0.2) is 0 Å². The molecule has 10 aromatic rings. The first-order valence-corrected chi connectivity index (χ1v) is 16.7. The molecule has 0 aliphatic heterocycles. The van der Waals surface area contributed by atoms with E-state index in [4.69, 9.17) is 4.42 Å². The Morgan fingerprint density at radius 1 is 0.449 bits per heavy atom. The zero-order valence-electron chi connectivity index (χ0n) is 26.6. The Bertz CT molecular complexity index is 2840. The molecule has 0 aliphatic rings. The minimum absolute atomic E-state index is 0.872. The summed E-state index contributed by atoms with van der Waals surface area (Å²) in [6, 6.07) is 65.0. The van der Waals surface area contributed by atoms with Crippen molar-refractivity contribution in [2.45, 2.75) is 0 Å². The Morgan fingerprint density at radius 2 is 1.10 bits per heavy atom. The minimum Gasteiger partial charge on any atom is -0.456 e. The van der Waals surface area contributed by atoms with E-state index < -0.39 is 0 Å². The van der Waals surface area contributed by atoms with Crippen LogP contribution >= 0.6 is 0 Å². The Kier molecular flexibility index (Phi) is 6.18. The molecular formula is C46H30N2O. The van der Waals surface area contributed by atoms with Crippen LogP contribution in [0.1, 0.15) is 0 Å². The second-order valence-corrected chi connectivity index (χ2v) is 12.5. The quantitative estimate of drug-likeness (QED) is 0.190. The average molecular weight is 627 g/mol. The molecule has 2 heterocycles. The average Bonchev–Trinajstić information content (AvgIpc) is 3.72. The third-order valence-corrected chi connectivity index (χ3v) is 9.75. The first-order chi connectivity index (χ1) is 24.3. The molecule has 8 aromatic carbocycles. The Labute approximate surface area is 283 Å². The number of furan rings is 1. The number of benzene rings is 8. The molecule has 0 unspecified atom stereocenters. The van der Waals surface area contributed by atoms with Crippen LogP contribution in [0.25, 0.3) is 71.3 Å². The van der Waals surface area contributed by atoms with Crippen molar-refractivity contribution >= 4 is 71.6 Å². The van der Waals surface area contributed by atoms with Crippen molar-refractivity contribution in [3.05, 3.63) is 182 Å². The van der Waals surface area contributed by atoms with E-state index in [0.717, 1.165) is 50.3 Å². The molecule has 230 valence electrons. The number of hydrogen-bond acceptors (Lipinski definition) is 2. The van der Waals surface area contributed by atoms with Gasteiger partial charge in [0.25, 0.3) is 0 Å². The highest BCUT2D eigenvalue weighted by molar-refractivity contribution is 6.16. The predicted octanol–water partition coefficient (Wildman–Crippen LogP) is 13.0. The molecule has 10 rings (SSSR count). The van der Waals surface area contributed by atoms with E-state index in [-0.39, 0.29) is 0 Å². The van der Waals surface area contributed by atoms with E-state index in [1.165, 1.54) is 38.1 Å². The van der Waals surface area contributed by atoms with E-state index in [0.29, 0.717) is 0 Å². The molecule has 2 aromatic heterocycles. The van der Waals surface area contributed by atoms with E-state index >= 15 is 0 Å². The van der Waals surface area contributed by atoms with Crippen LogP contribution in [-0.4, -0.2) is 4.57 Å². The molecule has 0 radical (unpaired) electrons. The summed E-state index contributed by atoms with van der Waals surface area (Å²) in [4.78, 5) is 2.41. The molecule has 0 fully saturated rings. The molecule has 49 heavy (non-hydrogen) atoms. The van der Waals surface area contributed by atoms with Crippen molar-refractivity contribution in [3.63, 3.8) is 0 Å². The topological polar surface area (TPSA) is 21.3 Å². The number of aromatic nitrogens is 1. The van der Waals surface area contributed by atoms with Gasteiger partial charge in [0.2, 0.25) is 0 Å². The van der Waals surface area contributed by atoms with Gasteiger partial charge in [-0.05, 0) is 65.5 Å². The van der Waals surface area contributed by atoms with E-state index in [1.807, 2.05) is 6.07 Å². The highest BCUT2D eigenvalue weighted by Gasteiger charge is 2.22. The fraction of sp³-hybridized carbons (Fsp3) is 0. The number of hydrogen-bond donors (Lipinski definition) is 0.